The van der Waals surface area contributed by atoms with Gasteiger partial charge in [-0.1, -0.05) is 0 Å². The first-order valence-corrected chi connectivity index (χ1v) is 40.4. The van der Waals surface area contributed by atoms with E-state index < -0.39 is 122 Å². The molecule has 18 nitrogen and oxygen atoms in total. The zero-order valence-electron chi connectivity index (χ0n) is 51.9. The first-order valence-electron chi connectivity index (χ1n) is 27.1. The van der Waals surface area contributed by atoms with Crippen LogP contribution in [0.15, 0.2) is 51.1 Å². The smallest absolute Gasteiger partial charge is 0.399 e. The van der Waals surface area contributed by atoms with Crippen molar-refractivity contribution >= 4 is 92.8 Å². The molecule has 3 aromatic carbocycles. The third-order valence-corrected chi connectivity index (χ3v) is 30.7. The maximum absolute atomic E-state index is 13.1. The quantitative estimate of drug-likeness (QED) is 0.0941. The monoisotopic (exact) mass is 1590 g/mol. The molecule has 0 radical (unpaired) electrons. The van der Waals surface area contributed by atoms with Crippen molar-refractivity contribution in [1.29, 1.82) is 0 Å². The Labute approximate surface area is 552 Å². The van der Waals surface area contributed by atoms with Crippen LogP contribution < -0.4 is 0 Å². The summed E-state index contributed by atoms with van der Waals surface area (Å²) in [4.78, 5) is 4.36. The number of sulfonamides is 6. The molecule has 556 valence electrons. The maximum Gasteiger partial charge on any atom is 0.399 e. The van der Waals surface area contributed by atoms with Crippen LogP contribution in [0.1, 0.15) is 112 Å². The molecule has 0 aliphatic carbocycles. The number of hydrogen-bond acceptors (Lipinski definition) is 15. The van der Waals surface area contributed by atoms with Crippen molar-refractivity contribution in [3.05, 3.63) is 82.2 Å². The van der Waals surface area contributed by atoms with Gasteiger partial charge in [0.15, 0.2) is 34.7 Å². The van der Waals surface area contributed by atoms with E-state index in [1.807, 2.05) is 41.5 Å². The average Bonchev–Trinajstić information content (AvgIpc) is 0.744. The predicted molar refractivity (Wildman–Crippen MR) is 327 cm³/mol. The van der Waals surface area contributed by atoms with Gasteiger partial charge in [0.2, 0.25) is 0 Å². The molecule has 4 saturated heterocycles. The van der Waals surface area contributed by atoms with E-state index in [0.717, 1.165) is 37.5 Å². The Morgan fingerprint density at radius 1 is 0.406 bits per heavy atom. The van der Waals surface area contributed by atoms with E-state index in [9.17, 15) is 145 Å². The van der Waals surface area contributed by atoms with E-state index in [1.54, 1.807) is 0 Å². The zero-order chi connectivity index (χ0) is 75.4. The fourth-order valence-electron chi connectivity index (χ4n) is 8.04. The number of alkyl halides is 18. The Bertz CT molecular complexity index is 3550. The number of phenols is 3. The minimum absolute atomic E-state index is 0.142. The molecule has 3 N–H and O–H groups in total. The van der Waals surface area contributed by atoms with E-state index in [-0.39, 0.29) is 27.7 Å². The van der Waals surface area contributed by atoms with Crippen LogP contribution in [0.25, 0.3) is 12.4 Å². The third-order valence-electron chi connectivity index (χ3n) is 13.1. The Kier molecular flexibility index (Phi) is 28.9. The molecule has 0 saturated carbocycles. The standard InChI is InChI=1S/3C12H16OS.C8H10F8NO4S2.C4H6F4NO4S2.C3F6NO4S2/c3*1-9-7-11(8-10(2)12(9)13)14-5-3-4-6-14;1-5(9,10)3-7(13,14)22(18,19)17-23(20,21)8(15,16)4-6(2,11)12;1-3(5,6)14(10,11)9-15(12,13)4(2,7)8;4-1(5)2(6,7)15(11,12)10-16(13,14)3(1,8)9/h3*7-8H,3-6H2,1-2H3;3-4H2,1-2H3;1-2H3;/q;;;3*-1/p+3. The Balaban J connectivity index is 0.000000395. The van der Waals surface area contributed by atoms with Gasteiger partial charge >= 0.3 is 37.4 Å². The lowest BCUT2D eigenvalue weighted by Gasteiger charge is -2.42. The van der Waals surface area contributed by atoms with Crippen LogP contribution in [0, 0.1) is 41.5 Å². The van der Waals surface area contributed by atoms with Gasteiger partial charge in [-0.25, -0.2) is 68.1 Å². The van der Waals surface area contributed by atoms with Crippen molar-refractivity contribution in [2.75, 3.05) is 34.5 Å². The number of hydrogen-bond donors (Lipinski definition) is 3. The van der Waals surface area contributed by atoms with Crippen LogP contribution >= 0.6 is 0 Å². The van der Waals surface area contributed by atoms with Crippen molar-refractivity contribution in [2.24, 2.45) is 0 Å². The molecule has 0 unspecified atom stereocenters. The minimum atomic E-state index is -6.69. The Hall–Kier alpha value is -3.57. The van der Waals surface area contributed by atoms with Gasteiger partial charge in [0.25, 0.3) is 11.8 Å². The SMILES string of the molecule is CC(F)(F)CC(F)(F)S(=O)(=O)[N-]S(=O)(=O)C(F)(F)CC(C)(F)F.CC(F)(F)S(=O)(=O)[N-]S(=O)(=O)C(C)(F)F.Cc1cc([S+]2CCCC2)cc(C)c1O.Cc1cc([S+]2CCCC2)cc(C)c1O.Cc1cc([S+]2CCCC2)cc(C)c1O.O=S1(=O)[N-]S(=O)(=O)C(F)(F)C(F)(F)C1(F)F. The number of rotatable bonds is 15. The second-order valence-electron chi connectivity index (χ2n) is 22.1. The van der Waals surface area contributed by atoms with Gasteiger partial charge in [-0.15, -0.1) is 0 Å². The van der Waals surface area contributed by atoms with Crippen LogP contribution in [-0.2, 0) is 92.8 Å². The van der Waals surface area contributed by atoms with Gasteiger partial charge < -0.3 is 27.7 Å². The summed E-state index contributed by atoms with van der Waals surface area (Å²) in [7, 11) is -36.8. The molecule has 4 heterocycles. The molecule has 4 aliphatic heterocycles. The molecule has 0 spiro atoms. The van der Waals surface area contributed by atoms with Crippen molar-refractivity contribution in [1.82, 2.24) is 0 Å². The molecule has 4 aliphatic rings. The van der Waals surface area contributed by atoms with Gasteiger partial charge in [-0.05, 0) is 164 Å². The molecule has 0 atom stereocenters. The van der Waals surface area contributed by atoms with Crippen molar-refractivity contribution in [2.45, 2.75) is 185 Å². The average molecular weight is 1590 g/mol. The van der Waals surface area contributed by atoms with Crippen LogP contribution in [0.3, 0.4) is 0 Å². The highest BCUT2D eigenvalue weighted by Gasteiger charge is 2.81. The lowest BCUT2D eigenvalue weighted by Crippen LogP contribution is -2.64. The van der Waals surface area contributed by atoms with Gasteiger partial charge in [0.1, 0.15) is 91.9 Å². The largest absolute Gasteiger partial charge is 0.507 e. The number of halogens is 18. The number of benzene rings is 3. The van der Waals surface area contributed by atoms with Crippen molar-refractivity contribution in [3.8, 4) is 17.2 Å². The summed E-state index contributed by atoms with van der Waals surface area (Å²) in [6.45, 7) is 11.3. The topological polar surface area (TPSA) is 308 Å². The fraction of sp³-hybridized carbons (Fsp3) is 0.647. The van der Waals surface area contributed by atoms with Gasteiger partial charge in [-0.2, -0.15) is 61.5 Å². The molecule has 45 heteroatoms. The molecule has 0 aromatic heterocycles. The normalized spacial score (nSPS) is 19.4. The molecule has 7 rings (SSSR count). The highest BCUT2D eigenvalue weighted by molar-refractivity contribution is 8.14. The first kappa shape index (κ1) is 88.5. The summed E-state index contributed by atoms with van der Waals surface area (Å²) in [5.41, 5.74) is 6.16. The summed E-state index contributed by atoms with van der Waals surface area (Å²) in [6.07, 6.45) is 2.78. The van der Waals surface area contributed by atoms with E-state index in [2.05, 4.69) is 36.4 Å². The summed E-state index contributed by atoms with van der Waals surface area (Å²) in [6, 6.07) is 13.0. The van der Waals surface area contributed by atoms with Crippen LogP contribution in [0.2, 0.25) is 0 Å². The number of phenolic OH excluding ortho intramolecular Hbond substituents is 3. The van der Waals surface area contributed by atoms with Gasteiger partial charge in [0, 0.05) is 46.5 Å². The number of nitrogens with zero attached hydrogens (tertiary/aromatic N) is 3. The molecule has 96 heavy (non-hydrogen) atoms. The van der Waals surface area contributed by atoms with Crippen LogP contribution in [0.5, 0.6) is 17.2 Å². The van der Waals surface area contributed by atoms with Crippen molar-refractivity contribution < 1.29 is 145 Å². The summed E-state index contributed by atoms with van der Waals surface area (Å²) >= 11 is 0. The Morgan fingerprint density at radius 3 is 0.771 bits per heavy atom. The highest BCUT2D eigenvalue weighted by atomic mass is 32.3. The maximum atomic E-state index is 13.1. The van der Waals surface area contributed by atoms with E-state index >= 15 is 0 Å². The molecule has 3 aromatic rings. The van der Waals surface area contributed by atoms with Crippen LogP contribution in [0.4, 0.5) is 79.0 Å². The molecule has 4 fully saturated rings. The number of aromatic hydroxyl groups is 3. The van der Waals surface area contributed by atoms with E-state index in [0.29, 0.717) is 49.9 Å². The minimum Gasteiger partial charge on any atom is -0.507 e. The zero-order valence-corrected chi connectivity index (χ0v) is 59.3. The predicted octanol–water partition coefficient (Wildman–Crippen LogP) is 13.7. The van der Waals surface area contributed by atoms with Gasteiger partial charge in [-0.3, -0.25) is 0 Å². The van der Waals surface area contributed by atoms with Crippen molar-refractivity contribution in [3.63, 3.8) is 0 Å². The summed E-state index contributed by atoms with van der Waals surface area (Å²) < 4.78 is 357. The Morgan fingerprint density at radius 2 is 0.594 bits per heavy atom. The van der Waals surface area contributed by atoms with Crippen LogP contribution in [-0.4, -0.2) is 150 Å². The second-order valence-corrected chi connectivity index (χ2v) is 40.1. The second kappa shape index (κ2) is 31.4. The van der Waals surface area contributed by atoms with E-state index in [1.165, 1.54) is 96.0 Å². The van der Waals surface area contributed by atoms with Gasteiger partial charge in [0.05, 0.1) is 12.8 Å². The first-order chi connectivity index (χ1) is 42.6. The lowest BCUT2D eigenvalue weighted by atomic mass is 10.1. The lowest BCUT2D eigenvalue weighted by molar-refractivity contribution is -0.244. The summed E-state index contributed by atoms with van der Waals surface area (Å²) in [5, 5.41) is -3.66. The fourth-order valence-corrected chi connectivity index (χ4v) is 23.1. The molecular weight excluding hydrogens is 1530 g/mol. The summed E-state index contributed by atoms with van der Waals surface area (Å²) in [5.74, 6) is -5.71. The molecule has 0 amide bonds. The highest BCUT2D eigenvalue weighted by Crippen LogP contribution is 2.58. The molecular formula is C51H67F18N3O15S9. The third kappa shape index (κ3) is 22.5. The molecule has 0 bridgehead atoms. The number of aryl methyl sites for hydroxylation is 6. The van der Waals surface area contributed by atoms with E-state index in [4.69, 9.17) is 0 Å².